The van der Waals surface area contributed by atoms with E-state index in [1.807, 2.05) is 0 Å². The number of anilines is 1. The Balaban J connectivity index is 2.31. The SMILES string of the molecule is CN(Cc1ncn[nH]1)S(=O)(=O)c1cnccc1NN. The molecule has 9 nitrogen and oxygen atoms in total. The van der Waals surface area contributed by atoms with Crippen molar-refractivity contribution in [2.24, 2.45) is 5.84 Å². The van der Waals surface area contributed by atoms with Crippen LogP contribution in [0.3, 0.4) is 0 Å². The van der Waals surface area contributed by atoms with Crippen LogP contribution >= 0.6 is 0 Å². The molecule has 19 heavy (non-hydrogen) atoms. The molecule has 0 unspecified atom stereocenters. The van der Waals surface area contributed by atoms with Crippen molar-refractivity contribution in [3.63, 3.8) is 0 Å². The highest BCUT2D eigenvalue weighted by molar-refractivity contribution is 7.89. The summed E-state index contributed by atoms with van der Waals surface area (Å²) in [7, 11) is -2.28. The number of nitrogens with one attached hydrogen (secondary N) is 2. The van der Waals surface area contributed by atoms with Gasteiger partial charge in [-0.15, -0.1) is 0 Å². The fraction of sp³-hybridized carbons (Fsp3) is 0.222. The maximum atomic E-state index is 12.4. The van der Waals surface area contributed by atoms with E-state index in [0.717, 1.165) is 4.31 Å². The molecule has 10 heteroatoms. The highest BCUT2D eigenvalue weighted by Gasteiger charge is 2.24. The van der Waals surface area contributed by atoms with E-state index in [0.29, 0.717) is 5.82 Å². The zero-order valence-electron chi connectivity index (χ0n) is 10.1. The quantitative estimate of drug-likeness (QED) is 0.489. The third-order valence-corrected chi connectivity index (χ3v) is 4.30. The van der Waals surface area contributed by atoms with Crippen molar-refractivity contribution in [1.82, 2.24) is 24.5 Å². The second-order valence-corrected chi connectivity index (χ2v) is 5.72. The van der Waals surface area contributed by atoms with Crippen molar-refractivity contribution in [3.05, 3.63) is 30.6 Å². The van der Waals surface area contributed by atoms with Gasteiger partial charge >= 0.3 is 0 Å². The van der Waals surface area contributed by atoms with Crippen LogP contribution in [0.25, 0.3) is 0 Å². The maximum Gasteiger partial charge on any atom is 0.246 e. The smallest absolute Gasteiger partial charge is 0.246 e. The largest absolute Gasteiger partial charge is 0.323 e. The predicted octanol–water partition coefficient (Wildman–Crippen LogP) is -0.694. The van der Waals surface area contributed by atoms with E-state index in [2.05, 4.69) is 25.6 Å². The van der Waals surface area contributed by atoms with Crippen LogP contribution in [0.1, 0.15) is 5.82 Å². The van der Waals surface area contributed by atoms with Crippen LogP contribution in [0.15, 0.2) is 29.7 Å². The summed E-state index contributed by atoms with van der Waals surface area (Å²) < 4.78 is 25.9. The number of nitrogens with zero attached hydrogens (tertiary/aromatic N) is 4. The lowest BCUT2D eigenvalue weighted by atomic mass is 10.4. The number of rotatable bonds is 5. The Morgan fingerprint density at radius 1 is 1.53 bits per heavy atom. The maximum absolute atomic E-state index is 12.4. The summed E-state index contributed by atoms with van der Waals surface area (Å²) in [6.45, 7) is 0.0707. The molecule has 0 saturated carbocycles. The number of hydrogen-bond donors (Lipinski definition) is 3. The second kappa shape index (κ2) is 5.30. The zero-order valence-corrected chi connectivity index (χ0v) is 10.9. The van der Waals surface area contributed by atoms with Crippen LogP contribution in [0.4, 0.5) is 5.69 Å². The molecule has 0 radical (unpaired) electrons. The van der Waals surface area contributed by atoms with Gasteiger partial charge in [-0.2, -0.15) is 9.40 Å². The Labute approximate surface area is 109 Å². The molecule has 2 aromatic heterocycles. The Kier molecular flexibility index (Phi) is 3.74. The number of aromatic nitrogens is 4. The van der Waals surface area contributed by atoms with Gasteiger partial charge in [0.2, 0.25) is 10.0 Å². The summed E-state index contributed by atoms with van der Waals surface area (Å²) in [6.07, 6.45) is 4.00. The second-order valence-electron chi connectivity index (χ2n) is 3.71. The number of hydrazine groups is 1. The molecule has 0 saturated heterocycles. The van der Waals surface area contributed by atoms with E-state index in [-0.39, 0.29) is 17.1 Å². The predicted molar refractivity (Wildman–Crippen MR) is 67.1 cm³/mol. The van der Waals surface area contributed by atoms with Gasteiger partial charge in [0, 0.05) is 19.4 Å². The zero-order chi connectivity index (χ0) is 13.9. The summed E-state index contributed by atoms with van der Waals surface area (Å²) >= 11 is 0. The summed E-state index contributed by atoms with van der Waals surface area (Å²) in [5.74, 6) is 5.74. The van der Waals surface area contributed by atoms with Crippen LogP contribution in [-0.2, 0) is 16.6 Å². The fourth-order valence-electron chi connectivity index (χ4n) is 1.48. The molecule has 2 heterocycles. The molecule has 102 valence electrons. The molecule has 0 aliphatic rings. The first-order valence-electron chi connectivity index (χ1n) is 5.27. The van der Waals surface area contributed by atoms with Gasteiger partial charge in [-0.25, -0.2) is 13.4 Å². The first kappa shape index (κ1) is 13.4. The molecule has 4 N–H and O–H groups in total. The van der Waals surface area contributed by atoms with Gasteiger partial charge in [0.25, 0.3) is 0 Å². The van der Waals surface area contributed by atoms with E-state index in [1.54, 1.807) is 0 Å². The van der Waals surface area contributed by atoms with Crippen LogP contribution in [-0.4, -0.2) is 39.9 Å². The monoisotopic (exact) mass is 283 g/mol. The molecule has 0 aliphatic carbocycles. The molecule has 0 aliphatic heterocycles. The molecule has 0 fully saturated rings. The summed E-state index contributed by atoms with van der Waals surface area (Å²) in [4.78, 5) is 7.68. The van der Waals surface area contributed by atoms with Gasteiger partial charge in [-0.05, 0) is 6.07 Å². The summed E-state index contributed by atoms with van der Waals surface area (Å²) in [5, 5.41) is 6.26. The van der Waals surface area contributed by atoms with E-state index in [1.165, 1.54) is 31.8 Å². The molecule has 0 amide bonds. The van der Waals surface area contributed by atoms with Gasteiger partial charge < -0.3 is 5.43 Å². The summed E-state index contributed by atoms with van der Waals surface area (Å²) in [5.41, 5.74) is 2.61. The molecule has 0 bridgehead atoms. The number of hydrogen-bond acceptors (Lipinski definition) is 7. The van der Waals surface area contributed by atoms with Gasteiger partial charge in [0.1, 0.15) is 17.0 Å². The average Bonchev–Trinajstić information content (AvgIpc) is 2.91. The van der Waals surface area contributed by atoms with Crippen molar-refractivity contribution in [2.45, 2.75) is 11.4 Å². The Bertz CT molecular complexity index is 640. The molecule has 0 spiro atoms. The van der Waals surface area contributed by atoms with Gasteiger partial charge in [-0.1, -0.05) is 0 Å². The lowest BCUT2D eigenvalue weighted by Crippen LogP contribution is -2.28. The van der Waals surface area contributed by atoms with Crippen LogP contribution < -0.4 is 11.3 Å². The standard InChI is InChI=1S/C9H13N7O2S/c1-16(5-9-12-6-13-15-9)19(17,18)8-4-11-3-2-7(8)14-10/h2-4,6H,5,10H2,1H3,(H,11,14)(H,12,13,15). The Hall–Kier alpha value is -2.04. The minimum atomic E-state index is -3.72. The third-order valence-electron chi connectivity index (χ3n) is 2.47. The molecule has 0 aromatic carbocycles. The minimum Gasteiger partial charge on any atom is -0.323 e. The molecular weight excluding hydrogens is 270 g/mol. The van der Waals surface area contributed by atoms with Gasteiger partial charge in [-0.3, -0.25) is 15.9 Å². The fourth-order valence-corrected chi connectivity index (χ4v) is 2.70. The number of nitrogen functional groups attached to an aromatic ring is 1. The average molecular weight is 283 g/mol. The number of nitrogens with two attached hydrogens (primary N) is 1. The Morgan fingerprint density at radius 3 is 2.95 bits per heavy atom. The number of aromatic amines is 1. The van der Waals surface area contributed by atoms with E-state index >= 15 is 0 Å². The number of H-pyrrole nitrogens is 1. The summed E-state index contributed by atoms with van der Waals surface area (Å²) in [6, 6.07) is 1.48. The van der Waals surface area contributed by atoms with E-state index < -0.39 is 10.0 Å². The number of pyridine rings is 1. The normalized spacial score (nSPS) is 11.7. The minimum absolute atomic E-state index is 0.000449. The first-order valence-corrected chi connectivity index (χ1v) is 6.71. The molecular formula is C9H13N7O2S. The van der Waals surface area contributed by atoms with Crippen molar-refractivity contribution >= 4 is 15.7 Å². The Morgan fingerprint density at radius 2 is 2.32 bits per heavy atom. The molecule has 2 rings (SSSR count). The van der Waals surface area contributed by atoms with E-state index in [9.17, 15) is 8.42 Å². The topological polar surface area (TPSA) is 130 Å². The molecule has 2 aromatic rings. The van der Waals surface area contributed by atoms with Crippen molar-refractivity contribution in [3.8, 4) is 0 Å². The van der Waals surface area contributed by atoms with Crippen molar-refractivity contribution in [1.29, 1.82) is 0 Å². The number of sulfonamides is 1. The van der Waals surface area contributed by atoms with Gasteiger partial charge in [0.05, 0.1) is 12.2 Å². The highest BCUT2D eigenvalue weighted by atomic mass is 32.2. The van der Waals surface area contributed by atoms with Crippen LogP contribution in [0.5, 0.6) is 0 Å². The van der Waals surface area contributed by atoms with E-state index in [4.69, 9.17) is 5.84 Å². The van der Waals surface area contributed by atoms with Crippen LogP contribution in [0.2, 0.25) is 0 Å². The van der Waals surface area contributed by atoms with Gasteiger partial charge in [0.15, 0.2) is 0 Å². The van der Waals surface area contributed by atoms with Crippen molar-refractivity contribution < 1.29 is 8.42 Å². The lowest BCUT2D eigenvalue weighted by molar-refractivity contribution is 0.457. The van der Waals surface area contributed by atoms with Crippen molar-refractivity contribution in [2.75, 3.05) is 12.5 Å². The highest BCUT2D eigenvalue weighted by Crippen LogP contribution is 2.22. The molecule has 0 atom stereocenters. The third kappa shape index (κ3) is 2.70. The lowest BCUT2D eigenvalue weighted by Gasteiger charge is -2.17. The first-order chi connectivity index (χ1) is 9.05. The van der Waals surface area contributed by atoms with Crippen LogP contribution in [0, 0.1) is 0 Å².